The average Bonchev–Trinajstić information content (AvgIpc) is 3.42. The van der Waals surface area contributed by atoms with E-state index in [1.807, 2.05) is 37.4 Å². The molecule has 0 bridgehead atoms. The van der Waals surface area contributed by atoms with Crippen LogP contribution in [-0.2, 0) is 0 Å². The average molecular weight is 351 g/mol. The molecule has 4 rings (SSSR count). The van der Waals surface area contributed by atoms with E-state index in [-0.39, 0.29) is 23.6 Å². The van der Waals surface area contributed by atoms with Crippen molar-refractivity contribution in [3.05, 3.63) is 69.6 Å². The van der Waals surface area contributed by atoms with E-state index in [9.17, 15) is 9.59 Å². The first-order valence-corrected chi connectivity index (χ1v) is 9.43. The van der Waals surface area contributed by atoms with Gasteiger partial charge in [-0.2, -0.15) is 0 Å². The van der Waals surface area contributed by atoms with Crippen molar-refractivity contribution in [2.75, 3.05) is 13.1 Å². The van der Waals surface area contributed by atoms with E-state index in [0.29, 0.717) is 11.5 Å². The topological polar surface area (TPSA) is 63.1 Å². The molecule has 2 fully saturated rings. The Morgan fingerprint density at radius 2 is 1.88 bits per heavy atom. The number of rotatable bonds is 4. The summed E-state index contributed by atoms with van der Waals surface area (Å²) >= 11 is 0. The van der Waals surface area contributed by atoms with E-state index >= 15 is 0 Å². The number of nitrogens with zero attached hydrogens (tertiary/aromatic N) is 1. The third-order valence-corrected chi connectivity index (χ3v) is 5.59. The molecule has 2 heterocycles. The molecule has 2 atom stereocenters. The molecule has 0 spiro atoms. The molecule has 5 heteroatoms. The van der Waals surface area contributed by atoms with Crippen molar-refractivity contribution in [3.8, 4) is 0 Å². The van der Waals surface area contributed by atoms with Crippen LogP contribution in [0.25, 0.3) is 0 Å². The van der Waals surface area contributed by atoms with Crippen molar-refractivity contribution in [3.63, 3.8) is 0 Å². The van der Waals surface area contributed by atoms with Gasteiger partial charge >= 0.3 is 0 Å². The van der Waals surface area contributed by atoms with Gasteiger partial charge in [0.2, 0.25) is 0 Å². The van der Waals surface area contributed by atoms with Gasteiger partial charge in [0.05, 0.1) is 0 Å². The summed E-state index contributed by atoms with van der Waals surface area (Å²) in [6.45, 7) is 3.66. The van der Waals surface area contributed by atoms with Crippen LogP contribution in [0.15, 0.2) is 47.4 Å². The lowest BCUT2D eigenvalue weighted by atomic mass is 10.0. The molecule has 2 aromatic rings. The van der Waals surface area contributed by atoms with Gasteiger partial charge in [0.1, 0.15) is 5.56 Å². The minimum Gasteiger partial charge on any atom is -0.348 e. The van der Waals surface area contributed by atoms with Crippen molar-refractivity contribution in [2.45, 2.75) is 44.2 Å². The van der Waals surface area contributed by atoms with Gasteiger partial charge < -0.3 is 15.2 Å². The first-order chi connectivity index (χ1) is 12.6. The summed E-state index contributed by atoms with van der Waals surface area (Å²) in [4.78, 5) is 25.8. The highest BCUT2D eigenvalue weighted by Gasteiger charge is 2.40. The zero-order chi connectivity index (χ0) is 18.1. The molecule has 0 unspecified atom stereocenters. The number of carbonyl (C=O) groups is 1. The Balaban J connectivity index is 1.52. The number of piperidine rings is 1. The van der Waals surface area contributed by atoms with Crippen LogP contribution in [0.3, 0.4) is 0 Å². The summed E-state index contributed by atoms with van der Waals surface area (Å²) in [7, 11) is 0. The largest absolute Gasteiger partial charge is 0.348 e. The number of carbonyl (C=O) groups excluding carboxylic acids is 1. The standard InChI is InChI=1S/C21H25N3O2/c1-14-9-12-24(16-7-10-22-11-8-16)21(26)19(14)20(25)23-18-13-17(18)15-5-3-2-4-6-15/h2-6,9,12,16-18,22H,7-8,10-11,13H2,1H3,(H,23,25)/t17-,18+/m0/s1. The van der Waals surface area contributed by atoms with Crippen LogP contribution in [0.1, 0.15) is 52.7 Å². The molecule has 2 aliphatic rings. The number of hydrogen-bond donors (Lipinski definition) is 2. The minimum atomic E-state index is -0.237. The Labute approximate surface area is 153 Å². The maximum atomic E-state index is 13.0. The maximum absolute atomic E-state index is 13.0. The van der Waals surface area contributed by atoms with E-state index in [0.717, 1.165) is 37.9 Å². The number of nitrogens with one attached hydrogen (secondary N) is 2. The van der Waals surface area contributed by atoms with Gasteiger partial charge in [-0.15, -0.1) is 0 Å². The fourth-order valence-electron chi connectivity index (χ4n) is 3.95. The molecule has 1 saturated heterocycles. The Bertz CT molecular complexity index is 853. The quantitative estimate of drug-likeness (QED) is 0.889. The van der Waals surface area contributed by atoms with Crippen molar-refractivity contribution in [1.29, 1.82) is 0 Å². The van der Waals surface area contributed by atoms with Crippen molar-refractivity contribution >= 4 is 5.91 Å². The monoisotopic (exact) mass is 351 g/mol. The molecule has 2 N–H and O–H groups in total. The summed E-state index contributed by atoms with van der Waals surface area (Å²) in [6.07, 6.45) is 4.61. The fraction of sp³-hybridized carbons (Fsp3) is 0.429. The Morgan fingerprint density at radius 3 is 2.62 bits per heavy atom. The molecule has 26 heavy (non-hydrogen) atoms. The van der Waals surface area contributed by atoms with Gasteiger partial charge in [-0.25, -0.2) is 0 Å². The summed E-state index contributed by atoms with van der Waals surface area (Å²) in [5.41, 5.74) is 2.13. The summed E-state index contributed by atoms with van der Waals surface area (Å²) in [5.74, 6) is 0.120. The highest BCUT2D eigenvalue weighted by molar-refractivity contribution is 5.95. The number of aryl methyl sites for hydroxylation is 1. The van der Waals surface area contributed by atoms with Gasteiger partial charge in [0.15, 0.2) is 0 Å². The number of aromatic nitrogens is 1. The van der Waals surface area contributed by atoms with Crippen LogP contribution in [0, 0.1) is 6.92 Å². The molecular formula is C21H25N3O2. The summed E-state index contributed by atoms with van der Waals surface area (Å²) in [6, 6.07) is 12.4. The molecular weight excluding hydrogens is 326 g/mol. The van der Waals surface area contributed by atoms with Crippen molar-refractivity contribution in [2.24, 2.45) is 0 Å². The molecule has 1 aliphatic heterocycles. The molecule has 1 aliphatic carbocycles. The first kappa shape index (κ1) is 17.0. The predicted molar refractivity (Wildman–Crippen MR) is 102 cm³/mol. The zero-order valence-electron chi connectivity index (χ0n) is 15.1. The second-order valence-electron chi connectivity index (χ2n) is 7.40. The molecule has 1 aromatic heterocycles. The zero-order valence-corrected chi connectivity index (χ0v) is 15.1. The highest BCUT2D eigenvalue weighted by Crippen LogP contribution is 2.40. The van der Waals surface area contributed by atoms with Crippen LogP contribution in [0.5, 0.6) is 0 Å². The predicted octanol–water partition coefficient (Wildman–Crippen LogP) is 2.37. The van der Waals surface area contributed by atoms with Gasteiger partial charge in [0.25, 0.3) is 11.5 Å². The number of pyridine rings is 1. The molecule has 136 valence electrons. The van der Waals surface area contributed by atoms with Gasteiger partial charge in [-0.1, -0.05) is 30.3 Å². The smallest absolute Gasteiger partial charge is 0.263 e. The Morgan fingerprint density at radius 1 is 1.15 bits per heavy atom. The molecule has 1 aromatic carbocycles. The molecule has 0 radical (unpaired) electrons. The van der Waals surface area contributed by atoms with E-state index in [1.165, 1.54) is 5.56 Å². The Kier molecular flexibility index (Phi) is 4.64. The van der Waals surface area contributed by atoms with E-state index in [4.69, 9.17) is 0 Å². The minimum absolute atomic E-state index is 0.122. The molecule has 1 saturated carbocycles. The molecule has 1 amide bonds. The van der Waals surface area contributed by atoms with Crippen LogP contribution in [0.4, 0.5) is 0 Å². The summed E-state index contributed by atoms with van der Waals surface area (Å²) < 4.78 is 1.75. The van der Waals surface area contributed by atoms with Crippen LogP contribution >= 0.6 is 0 Å². The fourth-order valence-corrected chi connectivity index (χ4v) is 3.95. The lowest BCUT2D eigenvalue weighted by Crippen LogP contribution is -2.39. The lowest BCUT2D eigenvalue weighted by molar-refractivity contribution is 0.0947. The second kappa shape index (κ2) is 7.08. The SMILES string of the molecule is Cc1ccn(C2CCNCC2)c(=O)c1C(=O)N[C@@H]1C[C@H]1c1ccccc1. The van der Waals surface area contributed by atoms with Gasteiger partial charge in [-0.3, -0.25) is 9.59 Å². The van der Waals surface area contributed by atoms with Crippen LogP contribution in [-0.4, -0.2) is 29.6 Å². The third-order valence-electron chi connectivity index (χ3n) is 5.59. The lowest BCUT2D eigenvalue weighted by Gasteiger charge is -2.25. The maximum Gasteiger partial charge on any atom is 0.263 e. The second-order valence-corrected chi connectivity index (χ2v) is 7.40. The van der Waals surface area contributed by atoms with E-state index in [1.54, 1.807) is 4.57 Å². The third kappa shape index (κ3) is 3.31. The van der Waals surface area contributed by atoms with Crippen molar-refractivity contribution < 1.29 is 4.79 Å². The number of benzene rings is 1. The number of amides is 1. The molecule has 5 nitrogen and oxygen atoms in total. The first-order valence-electron chi connectivity index (χ1n) is 9.43. The van der Waals surface area contributed by atoms with E-state index < -0.39 is 0 Å². The van der Waals surface area contributed by atoms with Crippen molar-refractivity contribution in [1.82, 2.24) is 15.2 Å². The van der Waals surface area contributed by atoms with Gasteiger partial charge in [-0.05, 0) is 56.5 Å². The van der Waals surface area contributed by atoms with E-state index in [2.05, 4.69) is 22.8 Å². The van der Waals surface area contributed by atoms with Gasteiger partial charge in [0, 0.05) is 24.2 Å². The summed E-state index contributed by atoms with van der Waals surface area (Å²) in [5, 5.41) is 6.38. The highest BCUT2D eigenvalue weighted by atomic mass is 16.2. The normalized spacial score (nSPS) is 22.8. The number of hydrogen-bond acceptors (Lipinski definition) is 3. The Hall–Kier alpha value is -2.40. The van der Waals surface area contributed by atoms with Crippen LogP contribution < -0.4 is 16.2 Å². The van der Waals surface area contributed by atoms with Crippen LogP contribution in [0.2, 0.25) is 0 Å².